The van der Waals surface area contributed by atoms with Gasteiger partial charge in [-0.3, -0.25) is 4.98 Å². The van der Waals surface area contributed by atoms with E-state index in [0.717, 1.165) is 27.9 Å². The van der Waals surface area contributed by atoms with Gasteiger partial charge in [-0.2, -0.15) is 0 Å². The van der Waals surface area contributed by atoms with E-state index in [1.807, 2.05) is 53.7 Å². The number of fused-ring (bicyclic) bond motifs is 1. The molecule has 6 heteroatoms. The lowest BCUT2D eigenvalue weighted by molar-refractivity contribution is 0.00578. The van der Waals surface area contributed by atoms with Crippen LogP contribution in [0.3, 0.4) is 0 Å². The maximum absolute atomic E-state index is 6.17. The van der Waals surface area contributed by atoms with Crippen LogP contribution in [0, 0.1) is 6.92 Å². The van der Waals surface area contributed by atoms with Gasteiger partial charge in [0.25, 0.3) is 0 Å². The molecule has 0 aliphatic carbocycles. The van der Waals surface area contributed by atoms with Crippen molar-refractivity contribution in [1.29, 1.82) is 0 Å². The molecule has 0 unspecified atom stereocenters. The third-order valence-electron chi connectivity index (χ3n) is 4.60. The predicted octanol–water partition coefficient (Wildman–Crippen LogP) is 2.64. The Labute approximate surface area is 137 Å². The first kappa shape index (κ1) is 16.2. The minimum absolute atomic E-state index is 0.394. The number of nitrogens with zero attached hydrogens (tertiary/aromatic N) is 2. The summed E-state index contributed by atoms with van der Waals surface area (Å²) in [6.45, 7) is 12.6. The second-order valence-corrected chi connectivity index (χ2v) is 6.91. The largest absolute Gasteiger partial charge is 0.498 e. The summed E-state index contributed by atoms with van der Waals surface area (Å²) in [4.78, 5) is 8.98. The summed E-state index contributed by atoms with van der Waals surface area (Å²) in [5, 5.41) is 0. The van der Waals surface area contributed by atoms with Gasteiger partial charge in [0.15, 0.2) is 0 Å². The molecule has 1 aliphatic heterocycles. The minimum atomic E-state index is -0.478. The fraction of sp³-hybridized carbons (Fsp3) is 0.529. The molecule has 0 saturated carbocycles. The molecule has 122 valence electrons. The summed E-state index contributed by atoms with van der Waals surface area (Å²) < 4.78 is 18.1. The van der Waals surface area contributed by atoms with Gasteiger partial charge < -0.3 is 14.0 Å². The molecule has 3 rings (SSSR count). The number of hydrogen-bond acceptors (Lipinski definition) is 5. The molecule has 0 radical (unpaired) electrons. The number of rotatable bonds is 3. The van der Waals surface area contributed by atoms with E-state index in [-0.39, 0.29) is 0 Å². The Balaban J connectivity index is 2.10. The van der Waals surface area contributed by atoms with Crippen molar-refractivity contribution in [3.63, 3.8) is 0 Å². The standard InChI is InChI=1S/C17H23BN2O3/c1-7-21-15-9-13-14(20-11(2)10-19-13)8-12(15)18-22-16(3,4)17(5,6)23-18/h8-10H,7H2,1-6H3. The van der Waals surface area contributed by atoms with E-state index in [2.05, 4.69) is 9.97 Å². The van der Waals surface area contributed by atoms with Crippen molar-refractivity contribution in [2.24, 2.45) is 0 Å². The summed E-state index contributed by atoms with van der Waals surface area (Å²) in [5.41, 5.74) is 2.57. The van der Waals surface area contributed by atoms with Gasteiger partial charge in [-0.05, 0) is 47.6 Å². The molecular formula is C17H23BN2O3. The molecule has 0 spiro atoms. The third-order valence-corrected chi connectivity index (χ3v) is 4.60. The number of aryl methyl sites for hydroxylation is 1. The van der Waals surface area contributed by atoms with Crippen molar-refractivity contribution in [2.75, 3.05) is 6.61 Å². The molecule has 1 aliphatic rings. The van der Waals surface area contributed by atoms with Crippen LogP contribution < -0.4 is 10.2 Å². The van der Waals surface area contributed by atoms with E-state index < -0.39 is 18.3 Å². The van der Waals surface area contributed by atoms with Crippen molar-refractivity contribution in [1.82, 2.24) is 9.97 Å². The summed E-state index contributed by atoms with van der Waals surface area (Å²) in [5.74, 6) is 0.733. The van der Waals surface area contributed by atoms with E-state index >= 15 is 0 Å². The van der Waals surface area contributed by atoms with Crippen LogP contribution >= 0.6 is 0 Å². The molecule has 1 fully saturated rings. The van der Waals surface area contributed by atoms with Crippen LogP contribution in [0.2, 0.25) is 0 Å². The molecule has 0 bridgehead atoms. The highest BCUT2D eigenvalue weighted by atomic mass is 16.7. The van der Waals surface area contributed by atoms with E-state index in [9.17, 15) is 0 Å². The zero-order valence-electron chi connectivity index (χ0n) is 14.6. The second kappa shape index (κ2) is 5.46. The average Bonchev–Trinajstić information content (AvgIpc) is 2.67. The average molecular weight is 314 g/mol. The highest BCUT2D eigenvalue weighted by molar-refractivity contribution is 6.63. The molecule has 0 N–H and O–H groups in total. The van der Waals surface area contributed by atoms with Crippen LogP contribution in [0.25, 0.3) is 11.0 Å². The molecule has 2 heterocycles. The van der Waals surface area contributed by atoms with Crippen LogP contribution in [-0.2, 0) is 9.31 Å². The molecule has 1 saturated heterocycles. The summed E-state index contributed by atoms with van der Waals surface area (Å²) in [6, 6.07) is 3.87. The van der Waals surface area contributed by atoms with Crippen LogP contribution in [-0.4, -0.2) is 34.9 Å². The van der Waals surface area contributed by atoms with Gasteiger partial charge in [-0.25, -0.2) is 4.98 Å². The van der Waals surface area contributed by atoms with Crippen molar-refractivity contribution in [2.45, 2.75) is 52.7 Å². The molecule has 23 heavy (non-hydrogen) atoms. The fourth-order valence-electron chi connectivity index (χ4n) is 2.58. The van der Waals surface area contributed by atoms with Crippen LogP contribution in [0.4, 0.5) is 0 Å². The van der Waals surface area contributed by atoms with E-state index in [1.54, 1.807) is 6.20 Å². The monoisotopic (exact) mass is 314 g/mol. The highest BCUT2D eigenvalue weighted by Crippen LogP contribution is 2.37. The van der Waals surface area contributed by atoms with Crippen molar-refractivity contribution >= 4 is 23.6 Å². The highest BCUT2D eigenvalue weighted by Gasteiger charge is 2.52. The molecule has 0 atom stereocenters. The normalized spacial score (nSPS) is 19.3. The van der Waals surface area contributed by atoms with Gasteiger partial charge in [0.2, 0.25) is 0 Å². The lowest BCUT2D eigenvalue weighted by atomic mass is 9.78. The van der Waals surface area contributed by atoms with Gasteiger partial charge in [0.05, 0.1) is 34.5 Å². The number of benzene rings is 1. The van der Waals surface area contributed by atoms with Crippen molar-refractivity contribution in [3.05, 3.63) is 24.0 Å². The summed E-state index contributed by atoms with van der Waals surface area (Å²) in [6.07, 6.45) is 1.76. The van der Waals surface area contributed by atoms with Gasteiger partial charge in [-0.15, -0.1) is 0 Å². The van der Waals surface area contributed by atoms with E-state index in [4.69, 9.17) is 14.0 Å². The Morgan fingerprint density at radius 3 is 2.35 bits per heavy atom. The molecular weight excluding hydrogens is 291 g/mol. The van der Waals surface area contributed by atoms with Crippen molar-refractivity contribution in [3.8, 4) is 5.75 Å². The van der Waals surface area contributed by atoms with Gasteiger partial charge in [-0.1, -0.05) is 0 Å². The quantitative estimate of drug-likeness (QED) is 0.815. The first-order chi connectivity index (χ1) is 10.7. The number of hydrogen-bond donors (Lipinski definition) is 0. The van der Waals surface area contributed by atoms with Crippen LogP contribution in [0.15, 0.2) is 18.3 Å². The number of aromatic nitrogens is 2. The maximum atomic E-state index is 6.17. The van der Waals surface area contributed by atoms with E-state index in [1.165, 1.54) is 0 Å². The zero-order valence-corrected chi connectivity index (χ0v) is 14.6. The first-order valence-electron chi connectivity index (χ1n) is 7.99. The van der Waals surface area contributed by atoms with Crippen molar-refractivity contribution < 1.29 is 14.0 Å². The predicted molar refractivity (Wildman–Crippen MR) is 91.2 cm³/mol. The van der Waals surface area contributed by atoms with Crippen LogP contribution in [0.5, 0.6) is 5.75 Å². The smallest absolute Gasteiger partial charge is 0.494 e. The lowest BCUT2D eigenvalue weighted by Gasteiger charge is -2.32. The Morgan fingerprint density at radius 2 is 1.74 bits per heavy atom. The molecule has 1 aromatic carbocycles. The van der Waals surface area contributed by atoms with Crippen LogP contribution in [0.1, 0.15) is 40.3 Å². The van der Waals surface area contributed by atoms with Gasteiger partial charge >= 0.3 is 7.12 Å². The maximum Gasteiger partial charge on any atom is 0.498 e. The minimum Gasteiger partial charge on any atom is -0.494 e. The SMILES string of the molecule is CCOc1cc2ncc(C)nc2cc1B1OC(C)(C)C(C)(C)O1. The Hall–Kier alpha value is -1.66. The molecule has 1 aromatic heterocycles. The lowest BCUT2D eigenvalue weighted by Crippen LogP contribution is -2.41. The molecule has 5 nitrogen and oxygen atoms in total. The Kier molecular flexibility index (Phi) is 3.85. The summed E-state index contributed by atoms with van der Waals surface area (Å²) in [7, 11) is -0.478. The summed E-state index contributed by atoms with van der Waals surface area (Å²) >= 11 is 0. The zero-order chi connectivity index (χ0) is 16.8. The molecule has 2 aromatic rings. The second-order valence-electron chi connectivity index (χ2n) is 6.91. The van der Waals surface area contributed by atoms with Gasteiger partial charge in [0, 0.05) is 17.7 Å². The molecule has 0 amide bonds. The fourth-order valence-corrected chi connectivity index (χ4v) is 2.58. The third kappa shape index (κ3) is 2.81. The Morgan fingerprint density at radius 1 is 1.09 bits per heavy atom. The Bertz CT molecular complexity index is 730. The number of ether oxygens (including phenoxy) is 1. The van der Waals surface area contributed by atoms with Gasteiger partial charge in [0.1, 0.15) is 5.75 Å². The van der Waals surface area contributed by atoms with E-state index in [0.29, 0.717) is 6.61 Å². The first-order valence-corrected chi connectivity index (χ1v) is 7.99. The topological polar surface area (TPSA) is 53.5 Å².